The first kappa shape index (κ1) is 19.8. The second-order valence-corrected chi connectivity index (χ2v) is 8.14. The van der Waals surface area contributed by atoms with Gasteiger partial charge in [0.15, 0.2) is 0 Å². The third-order valence-corrected chi connectivity index (χ3v) is 5.43. The van der Waals surface area contributed by atoms with Crippen LogP contribution in [0.3, 0.4) is 0 Å². The summed E-state index contributed by atoms with van der Waals surface area (Å²) in [6, 6.07) is 14.3. The first-order chi connectivity index (χ1) is 14.3. The Bertz CT molecular complexity index is 994. The van der Waals surface area contributed by atoms with Gasteiger partial charge in [-0.2, -0.15) is 0 Å². The van der Waals surface area contributed by atoms with E-state index in [0.29, 0.717) is 0 Å². The van der Waals surface area contributed by atoms with Crippen molar-refractivity contribution in [2.75, 3.05) is 6.61 Å². The van der Waals surface area contributed by atoms with Crippen molar-refractivity contribution in [1.29, 1.82) is 0 Å². The predicted octanol–water partition coefficient (Wildman–Crippen LogP) is 2.39. The number of rotatable bonds is 5. The van der Waals surface area contributed by atoms with Gasteiger partial charge in [-0.1, -0.05) is 56.3 Å². The van der Waals surface area contributed by atoms with Crippen molar-refractivity contribution in [3.63, 3.8) is 0 Å². The second-order valence-electron chi connectivity index (χ2n) is 8.14. The van der Waals surface area contributed by atoms with Gasteiger partial charge in [0, 0.05) is 11.8 Å². The van der Waals surface area contributed by atoms with Crippen LogP contribution >= 0.6 is 0 Å². The summed E-state index contributed by atoms with van der Waals surface area (Å²) in [6.45, 7) is 3.63. The summed E-state index contributed by atoms with van der Waals surface area (Å²) in [7, 11) is 0. The number of hydrogen-bond donors (Lipinski definition) is 0. The molecule has 0 N–H and O–H groups in total. The monoisotopic (exact) mass is 407 g/mol. The molecule has 2 aromatic carbocycles. The van der Waals surface area contributed by atoms with E-state index in [1.165, 1.54) is 0 Å². The number of amides is 2. The highest BCUT2D eigenvalue weighted by molar-refractivity contribution is 6.22. The van der Waals surface area contributed by atoms with Gasteiger partial charge < -0.3 is 9.47 Å². The molecule has 2 aliphatic rings. The summed E-state index contributed by atoms with van der Waals surface area (Å²) in [5.41, 5.74) is 0.540. The van der Waals surface area contributed by atoms with Gasteiger partial charge in [0.2, 0.25) is 6.10 Å². The molecule has 1 fully saturated rings. The summed E-state index contributed by atoms with van der Waals surface area (Å²) >= 11 is 0. The van der Waals surface area contributed by atoms with E-state index in [-0.39, 0.29) is 24.2 Å². The van der Waals surface area contributed by atoms with E-state index >= 15 is 0 Å². The fraction of sp³-hybridized carbons (Fsp3) is 0.304. The number of ether oxygens (including phenoxy) is 2. The van der Waals surface area contributed by atoms with Crippen LogP contribution in [0.2, 0.25) is 0 Å². The van der Waals surface area contributed by atoms with E-state index in [1.54, 1.807) is 62.4 Å². The molecule has 4 rings (SSSR count). The van der Waals surface area contributed by atoms with E-state index in [4.69, 9.17) is 9.47 Å². The fourth-order valence-electron chi connectivity index (χ4n) is 3.74. The summed E-state index contributed by atoms with van der Waals surface area (Å²) in [6.07, 6.45) is -1.02. The van der Waals surface area contributed by atoms with E-state index in [0.717, 1.165) is 10.5 Å². The summed E-state index contributed by atoms with van der Waals surface area (Å²) in [5.74, 6) is -2.55. The molecule has 0 unspecified atom stereocenters. The number of carbonyl (C=O) groups is 4. The van der Waals surface area contributed by atoms with Crippen molar-refractivity contribution in [3.8, 4) is 0 Å². The highest BCUT2D eigenvalue weighted by Gasteiger charge is 2.49. The van der Waals surface area contributed by atoms with Crippen LogP contribution < -0.4 is 0 Å². The third kappa shape index (κ3) is 3.36. The zero-order chi connectivity index (χ0) is 21.5. The lowest BCUT2D eigenvalue weighted by atomic mass is 9.89. The number of benzene rings is 2. The molecule has 0 spiro atoms. The van der Waals surface area contributed by atoms with Crippen LogP contribution in [0.4, 0.5) is 0 Å². The summed E-state index contributed by atoms with van der Waals surface area (Å²) < 4.78 is 10.6. The van der Waals surface area contributed by atoms with Gasteiger partial charge in [-0.05, 0) is 17.7 Å². The normalized spacial score (nSPS) is 20.7. The Hall–Kier alpha value is -3.48. The van der Waals surface area contributed by atoms with Crippen LogP contribution in [0, 0.1) is 5.41 Å². The zero-order valence-electron chi connectivity index (χ0n) is 16.7. The van der Waals surface area contributed by atoms with Gasteiger partial charge >= 0.3 is 11.9 Å². The fourth-order valence-corrected chi connectivity index (χ4v) is 3.74. The Labute approximate surface area is 173 Å². The first-order valence-electron chi connectivity index (χ1n) is 9.67. The molecule has 1 saturated heterocycles. The Morgan fingerprint density at radius 3 is 2.13 bits per heavy atom. The van der Waals surface area contributed by atoms with Crippen molar-refractivity contribution in [1.82, 2.24) is 4.90 Å². The van der Waals surface area contributed by atoms with E-state index < -0.39 is 41.3 Å². The molecule has 2 aliphatic heterocycles. The zero-order valence-corrected chi connectivity index (χ0v) is 16.7. The van der Waals surface area contributed by atoms with Gasteiger partial charge in [0.25, 0.3) is 11.8 Å². The number of imide groups is 1. The maximum Gasteiger partial charge on any atom is 0.348 e. The van der Waals surface area contributed by atoms with Crippen molar-refractivity contribution in [3.05, 3.63) is 71.3 Å². The lowest BCUT2D eigenvalue weighted by Crippen LogP contribution is -2.49. The van der Waals surface area contributed by atoms with Crippen LogP contribution in [-0.2, 0) is 25.5 Å². The molecule has 2 heterocycles. The molecule has 7 heteroatoms. The van der Waals surface area contributed by atoms with Crippen LogP contribution in [-0.4, -0.2) is 47.4 Å². The van der Waals surface area contributed by atoms with E-state index in [2.05, 4.69) is 0 Å². The van der Waals surface area contributed by atoms with E-state index in [9.17, 15) is 19.2 Å². The molecule has 2 amide bonds. The number of esters is 2. The minimum Gasteiger partial charge on any atom is -0.462 e. The summed E-state index contributed by atoms with van der Waals surface area (Å²) in [5, 5.41) is 0. The van der Waals surface area contributed by atoms with Crippen molar-refractivity contribution >= 4 is 23.8 Å². The molecule has 0 radical (unpaired) electrons. The SMILES string of the molecule is CC1(C)COC(=O)[C@@H]1OC(=O)[C@H](Cc1ccccc1)N1C(=O)c2ccccc2C1=O. The van der Waals surface area contributed by atoms with Gasteiger partial charge in [0.1, 0.15) is 12.6 Å². The molecular formula is C23H21NO6. The van der Waals surface area contributed by atoms with Gasteiger partial charge in [-0.15, -0.1) is 0 Å². The average Bonchev–Trinajstić information content (AvgIpc) is 3.14. The number of cyclic esters (lactones) is 1. The molecule has 30 heavy (non-hydrogen) atoms. The minimum atomic E-state index is -1.20. The topological polar surface area (TPSA) is 90.0 Å². The quantitative estimate of drug-likeness (QED) is 0.558. The Morgan fingerprint density at radius 1 is 1.03 bits per heavy atom. The van der Waals surface area contributed by atoms with Gasteiger partial charge in [-0.3, -0.25) is 14.5 Å². The lowest BCUT2D eigenvalue weighted by molar-refractivity contribution is -0.166. The predicted molar refractivity (Wildman–Crippen MR) is 105 cm³/mol. The molecule has 0 aliphatic carbocycles. The molecule has 7 nitrogen and oxygen atoms in total. The van der Waals surface area contributed by atoms with Crippen molar-refractivity contribution in [2.45, 2.75) is 32.4 Å². The Balaban J connectivity index is 1.67. The molecule has 0 saturated carbocycles. The van der Waals surface area contributed by atoms with Gasteiger partial charge in [-0.25, -0.2) is 9.59 Å². The number of carbonyl (C=O) groups excluding carboxylic acids is 4. The van der Waals surface area contributed by atoms with Crippen LogP contribution in [0.5, 0.6) is 0 Å². The molecule has 0 aromatic heterocycles. The largest absolute Gasteiger partial charge is 0.462 e. The van der Waals surface area contributed by atoms with Crippen LogP contribution in [0.15, 0.2) is 54.6 Å². The van der Waals surface area contributed by atoms with Gasteiger partial charge in [0.05, 0.1) is 11.1 Å². The first-order valence-corrected chi connectivity index (χ1v) is 9.67. The lowest BCUT2D eigenvalue weighted by Gasteiger charge is -2.28. The smallest absolute Gasteiger partial charge is 0.348 e. The number of hydrogen-bond acceptors (Lipinski definition) is 6. The van der Waals surface area contributed by atoms with Crippen molar-refractivity contribution < 1.29 is 28.7 Å². The standard InChI is InChI=1S/C23H21NO6/c1-23(2)13-29-22(28)18(23)30-21(27)17(12-14-8-4-3-5-9-14)24-19(25)15-10-6-7-11-16(15)20(24)26/h3-11,17-18H,12-13H2,1-2H3/t17-,18-/m0/s1. The highest BCUT2D eigenvalue weighted by Crippen LogP contribution is 2.33. The summed E-state index contributed by atoms with van der Waals surface area (Å²) in [4.78, 5) is 52.2. The molecule has 0 bridgehead atoms. The highest BCUT2D eigenvalue weighted by atomic mass is 16.6. The van der Waals surface area contributed by atoms with Crippen LogP contribution in [0.1, 0.15) is 40.1 Å². The molecule has 2 atom stereocenters. The Morgan fingerprint density at radius 2 is 1.60 bits per heavy atom. The third-order valence-electron chi connectivity index (χ3n) is 5.43. The number of nitrogens with zero attached hydrogens (tertiary/aromatic N) is 1. The molecule has 154 valence electrons. The van der Waals surface area contributed by atoms with E-state index in [1.807, 2.05) is 6.07 Å². The second kappa shape index (κ2) is 7.40. The number of fused-ring (bicyclic) bond motifs is 1. The molecule has 2 aromatic rings. The maximum absolute atomic E-state index is 13.2. The maximum atomic E-state index is 13.2. The Kier molecular flexibility index (Phi) is 4.89. The average molecular weight is 407 g/mol. The van der Waals surface area contributed by atoms with Crippen LogP contribution in [0.25, 0.3) is 0 Å². The molecular weight excluding hydrogens is 386 g/mol. The van der Waals surface area contributed by atoms with Crippen molar-refractivity contribution in [2.24, 2.45) is 5.41 Å². The minimum absolute atomic E-state index is 0.0767.